The number of ether oxygens (including phenoxy) is 1. The van der Waals surface area contributed by atoms with Crippen molar-refractivity contribution < 1.29 is 9.53 Å². The molecule has 1 aromatic rings. The van der Waals surface area contributed by atoms with E-state index in [0.717, 1.165) is 5.56 Å². The van der Waals surface area contributed by atoms with Crippen molar-refractivity contribution in [3.63, 3.8) is 0 Å². The summed E-state index contributed by atoms with van der Waals surface area (Å²) in [6, 6.07) is 9.14. The molecule has 3 nitrogen and oxygen atoms in total. The molecular weight excluding hydrogens is 214 g/mol. The predicted octanol–water partition coefficient (Wildman–Crippen LogP) is 2.14. The summed E-state index contributed by atoms with van der Waals surface area (Å²) in [5, 5.41) is 0. The first-order valence-electron chi connectivity index (χ1n) is 6.00. The van der Waals surface area contributed by atoms with E-state index in [1.54, 1.807) is 0 Å². The third-order valence-corrected chi connectivity index (χ3v) is 2.84. The molecule has 3 heteroatoms. The molecule has 1 rings (SSSR count). The second-order valence-corrected chi connectivity index (χ2v) is 4.68. The van der Waals surface area contributed by atoms with Crippen LogP contribution in [0.5, 0.6) is 0 Å². The summed E-state index contributed by atoms with van der Waals surface area (Å²) in [7, 11) is 0. The Morgan fingerprint density at radius 1 is 1.24 bits per heavy atom. The van der Waals surface area contributed by atoms with Crippen LogP contribution in [0.1, 0.15) is 26.3 Å². The molecule has 0 radical (unpaired) electrons. The Hall–Kier alpha value is -1.35. The van der Waals surface area contributed by atoms with Crippen molar-refractivity contribution in [2.75, 3.05) is 0 Å². The highest BCUT2D eigenvalue weighted by atomic mass is 16.5. The van der Waals surface area contributed by atoms with Gasteiger partial charge in [0.15, 0.2) is 0 Å². The second-order valence-electron chi connectivity index (χ2n) is 4.68. The van der Waals surface area contributed by atoms with Crippen molar-refractivity contribution in [2.45, 2.75) is 39.3 Å². The average Bonchev–Trinajstić information content (AvgIpc) is 2.29. The van der Waals surface area contributed by atoms with Gasteiger partial charge in [0.05, 0.1) is 0 Å². The molecule has 0 amide bonds. The topological polar surface area (TPSA) is 52.3 Å². The van der Waals surface area contributed by atoms with Crippen molar-refractivity contribution in [1.29, 1.82) is 0 Å². The zero-order valence-corrected chi connectivity index (χ0v) is 10.7. The lowest BCUT2D eigenvalue weighted by molar-refractivity contribution is -0.151. The van der Waals surface area contributed by atoms with Gasteiger partial charge in [-0.15, -0.1) is 0 Å². The molecule has 0 heterocycles. The maximum Gasteiger partial charge on any atom is 0.323 e. The van der Waals surface area contributed by atoms with E-state index >= 15 is 0 Å². The van der Waals surface area contributed by atoms with Crippen molar-refractivity contribution in [3.8, 4) is 0 Å². The lowest BCUT2D eigenvalue weighted by atomic mass is 10.1. The third kappa shape index (κ3) is 4.57. The zero-order valence-electron chi connectivity index (χ0n) is 10.7. The highest BCUT2D eigenvalue weighted by Gasteiger charge is 2.19. The molecule has 0 fully saturated rings. The van der Waals surface area contributed by atoms with Gasteiger partial charge in [-0.1, -0.05) is 44.2 Å². The summed E-state index contributed by atoms with van der Waals surface area (Å²) in [5.74, 6) is -0.0158. The minimum absolute atomic E-state index is 0.0932. The van der Waals surface area contributed by atoms with Crippen LogP contribution in [0.3, 0.4) is 0 Å². The van der Waals surface area contributed by atoms with Gasteiger partial charge >= 0.3 is 5.97 Å². The number of benzene rings is 1. The van der Waals surface area contributed by atoms with Crippen LogP contribution in [0, 0.1) is 5.92 Å². The smallest absolute Gasteiger partial charge is 0.323 e. The maximum absolute atomic E-state index is 11.7. The van der Waals surface area contributed by atoms with Crippen LogP contribution in [-0.2, 0) is 16.0 Å². The molecular formula is C14H21NO2. The Bertz CT molecular complexity index is 348. The van der Waals surface area contributed by atoms with Gasteiger partial charge in [0.1, 0.15) is 12.1 Å². The van der Waals surface area contributed by atoms with Crippen LogP contribution >= 0.6 is 0 Å². The lowest BCUT2D eigenvalue weighted by Gasteiger charge is -2.19. The number of rotatable bonds is 5. The van der Waals surface area contributed by atoms with Crippen molar-refractivity contribution in [3.05, 3.63) is 35.9 Å². The second kappa shape index (κ2) is 6.40. The molecule has 0 aliphatic heterocycles. The van der Waals surface area contributed by atoms with Crippen LogP contribution in [0.2, 0.25) is 0 Å². The van der Waals surface area contributed by atoms with Crippen LogP contribution in [0.25, 0.3) is 0 Å². The summed E-state index contributed by atoms with van der Waals surface area (Å²) in [4.78, 5) is 11.7. The third-order valence-electron chi connectivity index (χ3n) is 2.84. The van der Waals surface area contributed by atoms with Gasteiger partial charge in [0.2, 0.25) is 0 Å². The lowest BCUT2D eigenvalue weighted by Crippen LogP contribution is -2.37. The fraction of sp³-hybridized carbons (Fsp3) is 0.500. The largest absolute Gasteiger partial charge is 0.461 e. The Morgan fingerprint density at radius 3 is 2.35 bits per heavy atom. The molecule has 2 atom stereocenters. The van der Waals surface area contributed by atoms with Gasteiger partial charge in [-0.05, 0) is 24.8 Å². The summed E-state index contributed by atoms with van der Waals surface area (Å²) >= 11 is 0. The van der Waals surface area contributed by atoms with Gasteiger partial charge < -0.3 is 10.5 Å². The van der Waals surface area contributed by atoms with E-state index in [1.807, 2.05) is 51.1 Å². The number of hydrogen-bond donors (Lipinski definition) is 1. The summed E-state index contributed by atoms with van der Waals surface area (Å²) in [5.41, 5.74) is 6.87. The fourth-order valence-electron chi connectivity index (χ4n) is 1.36. The van der Waals surface area contributed by atoms with E-state index in [2.05, 4.69) is 0 Å². The highest BCUT2D eigenvalue weighted by Crippen LogP contribution is 2.08. The van der Waals surface area contributed by atoms with Crippen LogP contribution in [0.4, 0.5) is 0 Å². The van der Waals surface area contributed by atoms with Gasteiger partial charge in [0, 0.05) is 0 Å². The van der Waals surface area contributed by atoms with E-state index in [0.29, 0.717) is 12.3 Å². The number of carbonyl (C=O) groups excluding carboxylic acids is 1. The Morgan fingerprint density at radius 2 is 1.82 bits per heavy atom. The number of hydrogen-bond acceptors (Lipinski definition) is 3. The molecule has 17 heavy (non-hydrogen) atoms. The monoisotopic (exact) mass is 235 g/mol. The number of nitrogens with two attached hydrogens (primary N) is 1. The van der Waals surface area contributed by atoms with E-state index in [4.69, 9.17) is 10.5 Å². The first kappa shape index (κ1) is 13.7. The standard InChI is InChI=1S/C14H21NO2/c1-10(2)11(3)17-14(16)13(15)9-12-7-5-4-6-8-12/h4-8,10-11,13H,9,15H2,1-3H3/t11?,13-/m1/s1. The van der Waals surface area contributed by atoms with Crippen LogP contribution < -0.4 is 5.73 Å². The molecule has 1 unspecified atom stereocenters. The molecule has 0 saturated heterocycles. The number of esters is 1. The normalized spacial score (nSPS) is 14.4. The first-order valence-corrected chi connectivity index (χ1v) is 6.00. The molecule has 94 valence electrons. The summed E-state index contributed by atoms with van der Waals surface area (Å²) in [6.07, 6.45) is 0.425. The van der Waals surface area contributed by atoms with Gasteiger partial charge in [-0.3, -0.25) is 4.79 Å². The van der Waals surface area contributed by atoms with Crippen LogP contribution in [-0.4, -0.2) is 18.1 Å². The van der Waals surface area contributed by atoms with E-state index in [1.165, 1.54) is 0 Å². The van der Waals surface area contributed by atoms with Crippen molar-refractivity contribution in [2.24, 2.45) is 11.7 Å². The molecule has 0 spiro atoms. The summed E-state index contributed by atoms with van der Waals surface area (Å²) < 4.78 is 5.28. The highest BCUT2D eigenvalue weighted by molar-refractivity contribution is 5.76. The van der Waals surface area contributed by atoms with Gasteiger partial charge in [-0.25, -0.2) is 0 Å². The first-order chi connectivity index (χ1) is 8.00. The molecule has 2 N–H and O–H groups in total. The fourth-order valence-corrected chi connectivity index (χ4v) is 1.36. The minimum Gasteiger partial charge on any atom is -0.461 e. The minimum atomic E-state index is -0.585. The Labute approximate surface area is 103 Å². The molecule has 0 bridgehead atoms. The van der Waals surface area contributed by atoms with Crippen molar-refractivity contribution >= 4 is 5.97 Å². The van der Waals surface area contributed by atoms with Gasteiger partial charge in [0.25, 0.3) is 0 Å². The zero-order chi connectivity index (χ0) is 12.8. The molecule has 0 aliphatic carbocycles. The van der Waals surface area contributed by atoms with E-state index < -0.39 is 6.04 Å². The van der Waals surface area contributed by atoms with Gasteiger partial charge in [-0.2, -0.15) is 0 Å². The molecule has 0 saturated carbocycles. The summed E-state index contributed by atoms with van der Waals surface area (Å²) in [6.45, 7) is 5.92. The Kier molecular flexibility index (Phi) is 5.16. The average molecular weight is 235 g/mol. The predicted molar refractivity (Wildman–Crippen MR) is 68.5 cm³/mol. The number of carbonyl (C=O) groups is 1. The van der Waals surface area contributed by atoms with Crippen LogP contribution in [0.15, 0.2) is 30.3 Å². The molecule has 1 aromatic carbocycles. The van der Waals surface area contributed by atoms with E-state index in [-0.39, 0.29) is 12.1 Å². The quantitative estimate of drug-likeness (QED) is 0.795. The van der Waals surface area contributed by atoms with E-state index in [9.17, 15) is 4.79 Å². The van der Waals surface area contributed by atoms with Crippen molar-refractivity contribution in [1.82, 2.24) is 0 Å². The Balaban J connectivity index is 2.48. The molecule has 0 aromatic heterocycles. The molecule has 0 aliphatic rings. The SMILES string of the molecule is CC(C)C(C)OC(=O)[C@H](N)Cc1ccccc1. The maximum atomic E-state index is 11.7.